The lowest BCUT2D eigenvalue weighted by Gasteiger charge is -2.31. The van der Waals surface area contributed by atoms with Gasteiger partial charge in [0, 0.05) is 18.7 Å². The van der Waals surface area contributed by atoms with Crippen LogP contribution in [-0.4, -0.2) is 43.0 Å². The number of nitrogens with zero attached hydrogens (tertiary/aromatic N) is 1. The van der Waals surface area contributed by atoms with Gasteiger partial charge in [-0.15, -0.1) is 0 Å². The predicted molar refractivity (Wildman–Crippen MR) is 72.0 cm³/mol. The molecular weight excluding hydrogens is 226 g/mol. The molecule has 1 aromatic rings. The Labute approximate surface area is 109 Å². The second-order valence-corrected chi connectivity index (χ2v) is 4.87. The Balaban J connectivity index is 1.97. The molecule has 1 saturated heterocycles. The maximum atomic E-state index is 12.2. The molecule has 0 aromatic heterocycles. The van der Waals surface area contributed by atoms with E-state index in [1.165, 1.54) is 0 Å². The highest BCUT2D eigenvalue weighted by Crippen LogP contribution is 2.12. The molecule has 1 fully saturated rings. The molecule has 2 rings (SSSR count). The number of carbonyl (C=O) groups is 1. The molecule has 0 spiro atoms. The fourth-order valence-electron chi connectivity index (χ4n) is 2.35. The molecule has 18 heavy (non-hydrogen) atoms. The number of benzene rings is 1. The highest BCUT2D eigenvalue weighted by atomic mass is 16.5. The third-order valence-corrected chi connectivity index (χ3v) is 3.49. The van der Waals surface area contributed by atoms with Gasteiger partial charge in [-0.05, 0) is 18.9 Å². The summed E-state index contributed by atoms with van der Waals surface area (Å²) in [7, 11) is 0. The smallest absolute Gasteiger partial charge is 0.177 e. The van der Waals surface area contributed by atoms with Crippen LogP contribution in [0.25, 0.3) is 0 Å². The van der Waals surface area contributed by atoms with Crippen molar-refractivity contribution in [2.75, 3.05) is 26.2 Å². The minimum absolute atomic E-state index is 0.213. The van der Waals surface area contributed by atoms with Crippen molar-refractivity contribution in [2.24, 2.45) is 0 Å². The van der Waals surface area contributed by atoms with Gasteiger partial charge in [-0.2, -0.15) is 0 Å². The molecule has 1 aliphatic rings. The van der Waals surface area contributed by atoms with Crippen molar-refractivity contribution >= 4 is 5.78 Å². The molecule has 3 heteroatoms. The van der Waals surface area contributed by atoms with Crippen LogP contribution >= 0.6 is 0 Å². The van der Waals surface area contributed by atoms with Gasteiger partial charge in [-0.3, -0.25) is 9.69 Å². The van der Waals surface area contributed by atoms with E-state index in [9.17, 15) is 4.79 Å². The Morgan fingerprint density at radius 1 is 1.44 bits per heavy atom. The van der Waals surface area contributed by atoms with E-state index in [-0.39, 0.29) is 11.9 Å². The third kappa shape index (κ3) is 3.18. The SMILES string of the molecule is CCC1CN(CC(=O)c2ccccc2C)CCO1. The first kappa shape index (κ1) is 13.2. The summed E-state index contributed by atoms with van der Waals surface area (Å²) in [4.78, 5) is 14.4. The number of aryl methyl sites for hydroxylation is 1. The third-order valence-electron chi connectivity index (χ3n) is 3.49. The maximum Gasteiger partial charge on any atom is 0.177 e. The lowest BCUT2D eigenvalue weighted by molar-refractivity contribution is -0.0271. The number of hydrogen-bond donors (Lipinski definition) is 0. The summed E-state index contributed by atoms with van der Waals surface area (Å²) in [6, 6.07) is 7.79. The Kier molecular flexibility index (Phi) is 4.50. The molecule has 0 radical (unpaired) electrons. The largest absolute Gasteiger partial charge is 0.376 e. The quantitative estimate of drug-likeness (QED) is 0.765. The molecule has 1 heterocycles. The summed E-state index contributed by atoms with van der Waals surface area (Å²) in [5.74, 6) is 0.213. The van der Waals surface area contributed by atoms with Crippen LogP contribution in [0, 0.1) is 6.92 Å². The number of morpholine rings is 1. The first-order valence-corrected chi connectivity index (χ1v) is 6.63. The number of rotatable bonds is 4. The average Bonchev–Trinajstić information content (AvgIpc) is 2.39. The molecule has 1 atom stereocenters. The zero-order valence-electron chi connectivity index (χ0n) is 11.2. The van der Waals surface area contributed by atoms with Gasteiger partial charge in [0.1, 0.15) is 0 Å². The van der Waals surface area contributed by atoms with E-state index in [1.807, 2.05) is 31.2 Å². The zero-order chi connectivity index (χ0) is 13.0. The standard InChI is InChI=1S/C15H21NO2/c1-3-13-10-16(8-9-18-13)11-15(17)14-7-5-4-6-12(14)2/h4-7,13H,3,8-11H2,1-2H3. The van der Waals surface area contributed by atoms with E-state index >= 15 is 0 Å². The number of carbonyl (C=O) groups excluding carboxylic acids is 1. The molecular formula is C15H21NO2. The summed E-state index contributed by atoms with van der Waals surface area (Å²) in [5.41, 5.74) is 1.90. The van der Waals surface area contributed by atoms with Crippen molar-refractivity contribution < 1.29 is 9.53 Å². The second-order valence-electron chi connectivity index (χ2n) is 4.87. The first-order chi connectivity index (χ1) is 8.70. The van der Waals surface area contributed by atoms with Crippen LogP contribution in [0.15, 0.2) is 24.3 Å². The van der Waals surface area contributed by atoms with Gasteiger partial charge in [-0.25, -0.2) is 0 Å². The number of ketones is 1. The van der Waals surface area contributed by atoms with Crippen molar-refractivity contribution in [1.29, 1.82) is 0 Å². The number of hydrogen-bond acceptors (Lipinski definition) is 3. The van der Waals surface area contributed by atoms with Gasteiger partial charge in [0.15, 0.2) is 5.78 Å². The van der Waals surface area contributed by atoms with E-state index in [0.717, 1.165) is 37.2 Å². The van der Waals surface area contributed by atoms with Gasteiger partial charge >= 0.3 is 0 Å². The molecule has 0 amide bonds. The first-order valence-electron chi connectivity index (χ1n) is 6.63. The van der Waals surface area contributed by atoms with Gasteiger partial charge in [0.05, 0.1) is 19.3 Å². The highest BCUT2D eigenvalue weighted by molar-refractivity contribution is 5.98. The molecule has 1 unspecified atom stereocenters. The van der Waals surface area contributed by atoms with Crippen LogP contribution in [0.4, 0.5) is 0 Å². The molecule has 1 aromatic carbocycles. The highest BCUT2D eigenvalue weighted by Gasteiger charge is 2.21. The van der Waals surface area contributed by atoms with Crippen LogP contribution < -0.4 is 0 Å². The van der Waals surface area contributed by atoms with Gasteiger partial charge in [0.2, 0.25) is 0 Å². The molecule has 0 bridgehead atoms. The lowest BCUT2D eigenvalue weighted by Crippen LogP contribution is -2.44. The van der Waals surface area contributed by atoms with E-state index in [1.54, 1.807) is 0 Å². The molecule has 0 saturated carbocycles. The van der Waals surface area contributed by atoms with Crippen LogP contribution in [0.3, 0.4) is 0 Å². The minimum atomic E-state index is 0.213. The summed E-state index contributed by atoms with van der Waals surface area (Å²) >= 11 is 0. The molecule has 3 nitrogen and oxygen atoms in total. The van der Waals surface area contributed by atoms with E-state index < -0.39 is 0 Å². The van der Waals surface area contributed by atoms with Crippen molar-refractivity contribution in [2.45, 2.75) is 26.4 Å². The van der Waals surface area contributed by atoms with E-state index in [4.69, 9.17) is 4.74 Å². The number of ether oxygens (including phenoxy) is 1. The molecule has 98 valence electrons. The van der Waals surface area contributed by atoms with Gasteiger partial charge < -0.3 is 4.74 Å². The minimum Gasteiger partial charge on any atom is -0.376 e. The topological polar surface area (TPSA) is 29.5 Å². The Morgan fingerprint density at radius 3 is 2.94 bits per heavy atom. The summed E-state index contributed by atoms with van der Waals surface area (Å²) in [6.07, 6.45) is 1.29. The Hall–Kier alpha value is -1.19. The van der Waals surface area contributed by atoms with Crippen LogP contribution in [0.5, 0.6) is 0 Å². The predicted octanol–water partition coefficient (Wildman–Crippen LogP) is 2.29. The van der Waals surface area contributed by atoms with Crippen molar-refractivity contribution in [3.63, 3.8) is 0 Å². The summed E-state index contributed by atoms with van der Waals surface area (Å²) in [6.45, 7) is 7.07. The van der Waals surface area contributed by atoms with Crippen LogP contribution in [0.1, 0.15) is 29.3 Å². The van der Waals surface area contributed by atoms with Gasteiger partial charge in [-0.1, -0.05) is 31.2 Å². The van der Waals surface area contributed by atoms with Crippen LogP contribution in [-0.2, 0) is 4.74 Å². The monoisotopic (exact) mass is 247 g/mol. The zero-order valence-corrected chi connectivity index (χ0v) is 11.2. The summed E-state index contributed by atoms with van der Waals surface area (Å²) in [5, 5.41) is 0. The summed E-state index contributed by atoms with van der Waals surface area (Å²) < 4.78 is 5.62. The Bertz CT molecular complexity index is 417. The molecule has 0 N–H and O–H groups in total. The van der Waals surface area contributed by atoms with Crippen LogP contribution in [0.2, 0.25) is 0 Å². The van der Waals surface area contributed by atoms with Gasteiger partial charge in [0.25, 0.3) is 0 Å². The Morgan fingerprint density at radius 2 is 2.22 bits per heavy atom. The maximum absolute atomic E-state index is 12.2. The lowest BCUT2D eigenvalue weighted by atomic mass is 10.0. The molecule has 0 aliphatic carbocycles. The second kappa shape index (κ2) is 6.12. The van der Waals surface area contributed by atoms with E-state index in [0.29, 0.717) is 6.54 Å². The van der Waals surface area contributed by atoms with Crippen molar-refractivity contribution in [3.8, 4) is 0 Å². The number of Topliss-reactive ketones (excluding diaryl/α,β-unsaturated/α-hetero) is 1. The van der Waals surface area contributed by atoms with Crippen molar-refractivity contribution in [3.05, 3.63) is 35.4 Å². The fraction of sp³-hybridized carbons (Fsp3) is 0.533. The average molecular weight is 247 g/mol. The normalized spacial score (nSPS) is 20.9. The fourth-order valence-corrected chi connectivity index (χ4v) is 2.35. The van der Waals surface area contributed by atoms with E-state index in [2.05, 4.69) is 11.8 Å². The molecule has 1 aliphatic heterocycles. The van der Waals surface area contributed by atoms with Crippen molar-refractivity contribution in [1.82, 2.24) is 4.90 Å².